The molecular weight excluding hydrogens is 418 g/mol. The van der Waals surface area contributed by atoms with Crippen LogP contribution in [0.3, 0.4) is 0 Å². The summed E-state index contributed by atoms with van der Waals surface area (Å²) in [5.41, 5.74) is 3.00. The number of carbonyl (C=O) groups excluding carboxylic acids is 1. The smallest absolute Gasteiger partial charge is 0.288 e. The molecule has 1 saturated heterocycles. The van der Waals surface area contributed by atoms with E-state index < -0.39 is 4.92 Å². The number of hydrogen-bond acceptors (Lipinski definition) is 6. The number of aromatic nitrogens is 2. The van der Waals surface area contributed by atoms with Crippen LogP contribution >= 0.6 is 11.6 Å². The van der Waals surface area contributed by atoms with E-state index in [1.165, 1.54) is 18.2 Å². The van der Waals surface area contributed by atoms with Crippen molar-refractivity contribution in [2.45, 2.75) is 6.92 Å². The van der Waals surface area contributed by atoms with Crippen molar-refractivity contribution < 1.29 is 9.72 Å². The molecule has 2 aromatic carbocycles. The fourth-order valence-corrected chi connectivity index (χ4v) is 3.79. The minimum Gasteiger partial charge on any atom is -0.352 e. The molecule has 1 amide bonds. The zero-order valence-corrected chi connectivity index (χ0v) is 17.6. The number of rotatable bonds is 4. The van der Waals surface area contributed by atoms with Gasteiger partial charge in [0.25, 0.3) is 11.6 Å². The van der Waals surface area contributed by atoms with Gasteiger partial charge in [-0.25, -0.2) is 0 Å². The number of nitro groups is 1. The number of hydrogen-bond donors (Lipinski definition) is 0. The normalized spacial score (nSPS) is 13.9. The van der Waals surface area contributed by atoms with Crippen LogP contribution < -0.4 is 4.90 Å². The summed E-state index contributed by atoms with van der Waals surface area (Å²) in [6.07, 6.45) is 0. The maximum Gasteiger partial charge on any atom is 0.288 e. The monoisotopic (exact) mass is 437 g/mol. The number of halogens is 1. The summed E-state index contributed by atoms with van der Waals surface area (Å²) in [7, 11) is 0. The van der Waals surface area contributed by atoms with Gasteiger partial charge in [0.2, 0.25) is 0 Å². The number of benzene rings is 2. The summed E-state index contributed by atoms with van der Waals surface area (Å²) in [6, 6.07) is 16.0. The highest BCUT2D eigenvalue weighted by atomic mass is 35.5. The highest BCUT2D eigenvalue weighted by molar-refractivity contribution is 6.32. The maximum atomic E-state index is 12.8. The molecule has 0 bridgehead atoms. The van der Waals surface area contributed by atoms with Crippen LogP contribution in [0.4, 0.5) is 11.5 Å². The Morgan fingerprint density at radius 3 is 2.42 bits per heavy atom. The van der Waals surface area contributed by atoms with E-state index in [2.05, 4.69) is 15.1 Å². The molecule has 0 N–H and O–H groups in total. The Morgan fingerprint density at radius 1 is 1.03 bits per heavy atom. The highest BCUT2D eigenvalue weighted by Crippen LogP contribution is 2.26. The SMILES string of the molecule is Cc1ccccc1-c1ccc(N2CCN(C(=O)c3ccc(Cl)c([N+](=O)[O-])c3)CC2)nn1. The van der Waals surface area contributed by atoms with Gasteiger partial charge in [0.05, 0.1) is 10.6 Å². The molecule has 0 atom stereocenters. The molecule has 158 valence electrons. The zero-order valence-electron chi connectivity index (χ0n) is 16.9. The highest BCUT2D eigenvalue weighted by Gasteiger charge is 2.25. The molecule has 1 fully saturated rings. The van der Waals surface area contributed by atoms with Crippen molar-refractivity contribution in [1.82, 2.24) is 15.1 Å². The number of aryl methyl sites for hydroxylation is 1. The van der Waals surface area contributed by atoms with Crippen LogP contribution in [0.15, 0.2) is 54.6 Å². The van der Waals surface area contributed by atoms with E-state index in [1.54, 1.807) is 4.90 Å². The predicted molar refractivity (Wildman–Crippen MR) is 118 cm³/mol. The van der Waals surface area contributed by atoms with Crippen LogP contribution in [0.5, 0.6) is 0 Å². The number of nitro benzene ring substituents is 1. The van der Waals surface area contributed by atoms with Gasteiger partial charge in [-0.1, -0.05) is 35.9 Å². The van der Waals surface area contributed by atoms with Crippen molar-refractivity contribution in [3.05, 3.63) is 80.9 Å². The van der Waals surface area contributed by atoms with Crippen molar-refractivity contribution in [2.24, 2.45) is 0 Å². The van der Waals surface area contributed by atoms with Crippen LogP contribution in [0.1, 0.15) is 15.9 Å². The third-order valence-corrected chi connectivity index (χ3v) is 5.67. The van der Waals surface area contributed by atoms with Gasteiger partial charge in [-0.15, -0.1) is 10.2 Å². The van der Waals surface area contributed by atoms with Gasteiger partial charge < -0.3 is 9.80 Å². The number of amides is 1. The van der Waals surface area contributed by atoms with Gasteiger partial charge in [-0.05, 0) is 36.8 Å². The Bertz CT molecular complexity index is 1130. The lowest BCUT2D eigenvalue weighted by Gasteiger charge is -2.35. The summed E-state index contributed by atoms with van der Waals surface area (Å²) in [4.78, 5) is 27.0. The van der Waals surface area contributed by atoms with E-state index in [4.69, 9.17) is 11.6 Å². The molecule has 0 aliphatic carbocycles. The largest absolute Gasteiger partial charge is 0.352 e. The summed E-state index contributed by atoms with van der Waals surface area (Å²) in [5, 5.41) is 19.8. The summed E-state index contributed by atoms with van der Waals surface area (Å²) in [5.74, 6) is 0.506. The Labute approximate surface area is 184 Å². The fourth-order valence-electron chi connectivity index (χ4n) is 3.60. The van der Waals surface area contributed by atoms with Crippen molar-refractivity contribution in [1.29, 1.82) is 0 Å². The Kier molecular flexibility index (Phi) is 5.81. The van der Waals surface area contributed by atoms with Gasteiger partial charge in [0.1, 0.15) is 5.02 Å². The second-order valence-corrected chi connectivity index (χ2v) is 7.70. The van der Waals surface area contributed by atoms with Gasteiger partial charge in [0.15, 0.2) is 5.82 Å². The molecule has 4 rings (SSSR count). The van der Waals surface area contributed by atoms with Crippen molar-refractivity contribution in [2.75, 3.05) is 31.1 Å². The van der Waals surface area contributed by atoms with Crippen molar-refractivity contribution >= 4 is 29.0 Å². The van der Waals surface area contributed by atoms with Crippen LogP contribution in [0.25, 0.3) is 11.3 Å². The summed E-state index contributed by atoms with van der Waals surface area (Å²) >= 11 is 5.84. The van der Waals surface area contributed by atoms with Crippen LogP contribution in [-0.2, 0) is 0 Å². The van der Waals surface area contributed by atoms with Gasteiger partial charge in [-0.2, -0.15) is 0 Å². The molecule has 2 heterocycles. The second-order valence-electron chi connectivity index (χ2n) is 7.29. The predicted octanol–water partition coefficient (Wildman–Crippen LogP) is 3.98. The quantitative estimate of drug-likeness (QED) is 0.453. The van der Waals surface area contributed by atoms with Gasteiger partial charge in [0, 0.05) is 43.4 Å². The first-order chi connectivity index (χ1) is 14.9. The average molecular weight is 438 g/mol. The molecule has 1 aromatic heterocycles. The molecule has 0 spiro atoms. The molecule has 9 heteroatoms. The van der Waals surface area contributed by atoms with Gasteiger partial charge in [-0.3, -0.25) is 14.9 Å². The maximum absolute atomic E-state index is 12.8. The first-order valence-electron chi connectivity index (χ1n) is 9.82. The van der Waals surface area contributed by atoms with Crippen molar-refractivity contribution in [3.63, 3.8) is 0 Å². The van der Waals surface area contributed by atoms with Crippen LogP contribution in [-0.4, -0.2) is 52.1 Å². The van der Waals surface area contributed by atoms with E-state index in [-0.39, 0.29) is 22.2 Å². The minimum absolute atomic E-state index is 0.0130. The Morgan fingerprint density at radius 2 is 1.77 bits per heavy atom. The molecule has 31 heavy (non-hydrogen) atoms. The minimum atomic E-state index is -0.587. The molecule has 8 nitrogen and oxygen atoms in total. The third-order valence-electron chi connectivity index (χ3n) is 5.35. The van der Waals surface area contributed by atoms with Crippen molar-refractivity contribution in [3.8, 4) is 11.3 Å². The molecule has 0 saturated carbocycles. The lowest BCUT2D eigenvalue weighted by atomic mass is 10.1. The van der Waals surface area contributed by atoms with Crippen LogP contribution in [0.2, 0.25) is 5.02 Å². The van der Waals surface area contributed by atoms with Crippen LogP contribution in [0, 0.1) is 17.0 Å². The zero-order chi connectivity index (χ0) is 22.0. The second kappa shape index (κ2) is 8.69. The summed E-state index contributed by atoms with van der Waals surface area (Å²) < 4.78 is 0. The van der Waals surface area contributed by atoms with E-state index in [0.717, 1.165) is 22.6 Å². The molecule has 3 aromatic rings. The molecular formula is C22H20ClN5O3. The number of piperazine rings is 1. The Balaban J connectivity index is 1.42. The lowest BCUT2D eigenvalue weighted by molar-refractivity contribution is -0.384. The third kappa shape index (κ3) is 4.34. The average Bonchev–Trinajstić information content (AvgIpc) is 2.79. The summed E-state index contributed by atoms with van der Waals surface area (Å²) in [6.45, 7) is 4.20. The van der Waals surface area contributed by atoms with E-state index in [1.807, 2.05) is 43.3 Å². The number of anilines is 1. The van der Waals surface area contributed by atoms with E-state index in [9.17, 15) is 14.9 Å². The first kappa shape index (κ1) is 20.7. The number of carbonyl (C=O) groups is 1. The molecule has 1 aliphatic heterocycles. The molecule has 0 unspecified atom stereocenters. The molecule has 1 aliphatic rings. The van der Waals surface area contributed by atoms with E-state index in [0.29, 0.717) is 26.2 Å². The van der Waals surface area contributed by atoms with E-state index >= 15 is 0 Å². The Hall–Kier alpha value is -3.52. The fraction of sp³-hybridized carbons (Fsp3) is 0.227. The standard InChI is InChI=1S/C22H20ClN5O3/c1-15-4-2-3-5-17(15)19-8-9-21(25-24-19)26-10-12-27(13-11-26)22(29)16-6-7-18(23)20(14-16)28(30)31/h2-9,14H,10-13H2,1H3. The molecule has 0 radical (unpaired) electrons. The topological polar surface area (TPSA) is 92.5 Å². The number of nitrogens with zero attached hydrogens (tertiary/aromatic N) is 5. The van der Waals surface area contributed by atoms with Gasteiger partial charge >= 0.3 is 0 Å². The first-order valence-corrected chi connectivity index (χ1v) is 10.2. The lowest BCUT2D eigenvalue weighted by Crippen LogP contribution is -2.49.